The molecule has 0 N–H and O–H groups in total. The van der Waals surface area contributed by atoms with E-state index < -0.39 is 0 Å². The van der Waals surface area contributed by atoms with E-state index in [0.717, 1.165) is 13.1 Å². The van der Waals surface area contributed by atoms with Crippen molar-refractivity contribution < 1.29 is 4.42 Å². The van der Waals surface area contributed by atoms with Crippen molar-refractivity contribution >= 4 is 22.6 Å². The molecule has 84 valence electrons. The third-order valence-corrected chi connectivity index (χ3v) is 3.12. The van der Waals surface area contributed by atoms with Gasteiger partial charge in [-0.1, -0.05) is 12.1 Å². The lowest BCUT2D eigenvalue weighted by Crippen LogP contribution is -2.16. The molecule has 3 heteroatoms. The van der Waals surface area contributed by atoms with Gasteiger partial charge in [-0.05, 0) is 53.4 Å². The predicted molar refractivity (Wildman–Crippen MR) is 73.0 cm³/mol. The predicted octanol–water partition coefficient (Wildman–Crippen LogP) is 3.52. The fourth-order valence-corrected chi connectivity index (χ4v) is 2.01. The van der Waals surface area contributed by atoms with Gasteiger partial charge in [-0.2, -0.15) is 0 Å². The van der Waals surface area contributed by atoms with Gasteiger partial charge >= 0.3 is 0 Å². The van der Waals surface area contributed by atoms with Crippen LogP contribution in [0.5, 0.6) is 0 Å². The van der Waals surface area contributed by atoms with E-state index in [1.54, 1.807) is 12.5 Å². The van der Waals surface area contributed by atoms with E-state index in [1.165, 1.54) is 14.7 Å². The normalized spacial score (nSPS) is 10.9. The first kappa shape index (κ1) is 11.7. The molecule has 0 amide bonds. The quantitative estimate of drug-likeness (QED) is 0.799. The molecule has 2 aromatic rings. The molecule has 1 aromatic heterocycles. The summed E-state index contributed by atoms with van der Waals surface area (Å²) in [6, 6.07) is 10.6. The van der Waals surface area contributed by atoms with Gasteiger partial charge in [0.25, 0.3) is 0 Å². The van der Waals surface area contributed by atoms with Crippen molar-refractivity contribution in [3.05, 3.63) is 57.6 Å². The zero-order valence-electron chi connectivity index (χ0n) is 9.19. The molecule has 0 bridgehead atoms. The SMILES string of the molecule is CN(Cc1ccc(I)cc1)Cc1ccoc1. The van der Waals surface area contributed by atoms with Crippen molar-refractivity contribution in [1.29, 1.82) is 0 Å². The lowest BCUT2D eigenvalue weighted by atomic mass is 10.2. The van der Waals surface area contributed by atoms with Crippen molar-refractivity contribution in [2.45, 2.75) is 13.1 Å². The number of rotatable bonds is 4. The van der Waals surface area contributed by atoms with Crippen molar-refractivity contribution in [1.82, 2.24) is 4.90 Å². The van der Waals surface area contributed by atoms with Crippen molar-refractivity contribution in [3.63, 3.8) is 0 Å². The van der Waals surface area contributed by atoms with Crippen LogP contribution in [0, 0.1) is 3.57 Å². The Kier molecular flexibility index (Phi) is 4.01. The highest BCUT2D eigenvalue weighted by molar-refractivity contribution is 14.1. The molecule has 2 nitrogen and oxygen atoms in total. The van der Waals surface area contributed by atoms with E-state index in [2.05, 4.69) is 58.8 Å². The standard InChI is InChI=1S/C13H14INO/c1-15(9-12-6-7-16-10-12)8-11-2-4-13(14)5-3-11/h2-7,10H,8-9H2,1H3. The van der Waals surface area contributed by atoms with Gasteiger partial charge in [-0.25, -0.2) is 0 Å². The zero-order chi connectivity index (χ0) is 11.4. The minimum Gasteiger partial charge on any atom is -0.472 e. The van der Waals surface area contributed by atoms with Crippen LogP contribution in [0.25, 0.3) is 0 Å². The molecule has 0 spiro atoms. The molecular formula is C13H14INO. The Labute approximate surface area is 109 Å². The first-order valence-corrected chi connectivity index (χ1v) is 6.26. The summed E-state index contributed by atoms with van der Waals surface area (Å²) in [7, 11) is 2.12. The van der Waals surface area contributed by atoms with Crippen LogP contribution in [0.2, 0.25) is 0 Å². The summed E-state index contributed by atoms with van der Waals surface area (Å²) in [5.74, 6) is 0. The molecule has 0 saturated carbocycles. The van der Waals surface area contributed by atoms with Gasteiger partial charge in [-0.3, -0.25) is 4.90 Å². The first-order valence-electron chi connectivity index (χ1n) is 5.18. The smallest absolute Gasteiger partial charge is 0.0947 e. The van der Waals surface area contributed by atoms with Crippen LogP contribution in [0.1, 0.15) is 11.1 Å². The summed E-state index contributed by atoms with van der Waals surface area (Å²) >= 11 is 2.32. The van der Waals surface area contributed by atoms with E-state index in [-0.39, 0.29) is 0 Å². The van der Waals surface area contributed by atoms with Crippen LogP contribution < -0.4 is 0 Å². The molecule has 0 atom stereocenters. The van der Waals surface area contributed by atoms with Crippen molar-refractivity contribution in [2.75, 3.05) is 7.05 Å². The van der Waals surface area contributed by atoms with Crippen LogP contribution in [-0.2, 0) is 13.1 Å². The molecule has 0 aliphatic carbocycles. The van der Waals surface area contributed by atoms with Crippen LogP contribution in [-0.4, -0.2) is 11.9 Å². The van der Waals surface area contributed by atoms with Crippen LogP contribution in [0.4, 0.5) is 0 Å². The summed E-state index contributed by atoms with van der Waals surface area (Å²) in [5, 5.41) is 0. The van der Waals surface area contributed by atoms with Gasteiger partial charge in [0, 0.05) is 22.2 Å². The Bertz CT molecular complexity index is 422. The lowest BCUT2D eigenvalue weighted by Gasteiger charge is -2.15. The van der Waals surface area contributed by atoms with E-state index in [1.807, 2.05) is 6.07 Å². The summed E-state index contributed by atoms with van der Waals surface area (Å²) < 4.78 is 6.33. The van der Waals surface area contributed by atoms with Gasteiger partial charge in [0.1, 0.15) is 0 Å². The fourth-order valence-electron chi connectivity index (χ4n) is 1.65. The summed E-state index contributed by atoms with van der Waals surface area (Å²) in [6.07, 6.45) is 3.51. The molecule has 0 aliphatic heterocycles. The zero-order valence-corrected chi connectivity index (χ0v) is 11.3. The number of hydrogen-bond donors (Lipinski definition) is 0. The molecule has 0 unspecified atom stereocenters. The van der Waals surface area contributed by atoms with Crippen LogP contribution in [0.3, 0.4) is 0 Å². The van der Waals surface area contributed by atoms with Gasteiger partial charge in [0.15, 0.2) is 0 Å². The second kappa shape index (κ2) is 5.50. The highest BCUT2D eigenvalue weighted by Crippen LogP contribution is 2.10. The number of benzene rings is 1. The Morgan fingerprint density at radius 2 is 1.75 bits per heavy atom. The molecule has 0 radical (unpaired) electrons. The molecule has 1 heterocycles. The van der Waals surface area contributed by atoms with Gasteiger partial charge in [0.05, 0.1) is 12.5 Å². The Morgan fingerprint density at radius 3 is 2.38 bits per heavy atom. The number of nitrogens with zero attached hydrogens (tertiary/aromatic N) is 1. The van der Waals surface area contributed by atoms with E-state index in [4.69, 9.17) is 4.42 Å². The number of furan rings is 1. The third-order valence-electron chi connectivity index (χ3n) is 2.40. The Balaban J connectivity index is 1.92. The second-order valence-corrected chi connectivity index (χ2v) is 5.18. The highest BCUT2D eigenvalue weighted by Gasteiger charge is 2.02. The molecule has 0 aliphatic rings. The maximum absolute atomic E-state index is 5.05. The average Bonchev–Trinajstić information content (AvgIpc) is 2.74. The monoisotopic (exact) mass is 327 g/mol. The maximum atomic E-state index is 5.05. The summed E-state index contributed by atoms with van der Waals surface area (Å²) in [6.45, 7) is 1.88. The topological polar surface area (TPSA) is 16.4 Å². The average molecular weight is 327 g/mol. The molecule has 2 rings (SSSR count). The summed E-state index contributed by atoms with van der Waals surface area (Å²) in [5.41, 5.74) is 2.56. The largest absolute Gasteiger partial charge is 0.472 e. The second-order valence-electron chi connectivity index (χ2n) is 3.93. The van der Waals surface area contributed by atoms with E-state index in [0.29, 0.717) is 0 Å². The first-order chi connectivity index (χ1) is 7.74. The van der Waals surface area contributed by atoms with Crippen molar-refractivity contribution in [3.8, 4) is 0 Å². The number of hydrogen-bond acceptors (Lipinski definition) is 2. The van der Waals surface area contributed by atoms with Crippen molar-refractivity contribution in [2.24, 2.45) is 0 Å². The third kappa shape index (κ3) is 3.35. The molecule has 1 aromatic carbocycles. The van der Waals surface area contributed by atoms with E-state index in [9.17, 15) is 0 Å². The van der Waals surface area contributed by atoms with Gasteiger partial charge in [0.2, 0.25) is 0 Å². The molecular weight excluding hydrogens is 313 g/mol. The van der Waals surface area contributed by atoms with Gasteiger partial charge in [-0.15, -0.1) is 0 Å². The number of halogens is 1. The van der Waals surface area contributed by atoms with E-state index >= 15 is 0 Å². The minimum absolute atomic E-state index is 0.919. The maximum Gasteiger partial charge on any atom is 0.0947 e. The molecule has 16 heavy (non-hydrogen) atoms. The minimum atomic E-state index is 0.919. The fraction of sp³-hybridized carbons (Fsp3) is 0.231. The van der Waals surface area contributed by atoms with Gasteiger partial charge < -0.3 is 4.42 Å². The molecule has 0 fully saturated rings. The van der Waals surface area contributed by atoms with Crippen LogP contribution >= 0.6 is 22.6 Å². The molecule has 0 saturated heterocycles. The summed E-state index contributed by atoms with van der Waals surface area (Å²) in [4.78, 5) is 2.27. The highest BCUT2D eigenvalue weighted by atomic mass is 127. The Morgan fingerprint density at radius 1 is 1.06 bits per heavy atom. The lowest BCUT2D eigenvalue weighted by molar-refractivity contribution is 0.318. The Hall–Kier alpha value is -0.810. The van der Waals surface area contributed by atoms with Crippen LogP contribution in [0.15, 0.2) is 47.3 Å².